The molecule has 0 radical (unpaired) electrons. The van der Waals surface area contributed by atoms with Crippen LogP contribution in [0, 0.1) is 0 Å². The van der Waals surface area contributed by atoms with E-state index in [1.54, 1.807) is 0 Å². The molecule has 0 heterocycles. The van der Waals surface area contributed by atoms with Gasteiger partial charge in [-0.25, -0.2) is 0 Å². The zero-order valence-corrected chi connectivity index (χ0v) is 23.1. The van der Waals surface area contributed by atoms with Crippen molar-refractivity contribution in [2.75, 3.05) is 0 Å². The van der Waals surface area contributed by atoms with Crippen LogP contribution < -0.4 is 9.09 Å². The van der Waals surface area contributed by atoms with Gasteiger partial charge in [0.25, 0.3) is 0 Å². The molecule has 15 heteroatoms. The molecule has 40 heavy (non-hydrogen) atoms. The zero-order valence-electron chi connectivity index (χ0n) is 19.7. The molecular weight excluding hydrogens is 668 g/mol. The number of aliphatic hydroxyl groups is 1. The standard InChI is InChI=1S/C25H17AsCl2F10O2/c27-18-8-3-9-19(21(18)28)40-17-7-2-6-16(11-17)26(13-20(39)23(31,32)33)12-14-4-1-5-15(10-14)22(29,30)24(34,35)25(36,37)38/h1-11,20,39H,12-13H2/t20-,26?/m0/s1. The van der Waals surface area contributed by atoms with Crippen molar-refractivity contribution in [3.8, 4) is 11.5 Å². The molecule has 0 fully saturated rings. The third-order valence-electron chi connectivity index (χ3n) is 5.51. The van der Waals surface area contributed by atoms with E-state index >= 15 is 0 Å². The zero-order chi connectivity index (χ0) is 30.1. The van der Waals surface area contributed by atoms with Crippen LogP contribution in [0.1, 0.15) is 11.1 Å². The first-order valence-corrected chi connectivity index (χ1v) is 15.3. The van der Waals surface area contributed by atoms with Gasteiger partial charge in [0, 0.05) is 0 Å². The molecule has 0 amide bonds. The van der Waals surface area contributed by atoms with Gasteiger partial charge in [-0.1, -0.05) is 0 Å². The van der Waals surface area contributed by atoms with Gasteiger partial charge in [-0.3, -0.25) is 0 Å². The van der Waals surface area contributed by atoms with E-state index in [1.165, 1.54) is 42.5 Å². The molecule has 0 aliphatic carbocycles. The summed E-state index contributed by atoms with van der Waals surface area (Å²) < 4.78 is 139. The van der Waals surface area contributed by atoms with Gasteiger partial charge in [-0.05, 0) is 0 Å². The predicted molar refractivity (Wildman–Crippen MR) is 130 cm³/mol. The Balaban J connectivity index is 1.98. The maximum atomic E-state index is 14.3. The van der Waals surface area contributed by atoms with Crippen LogP contribution >= 0.6 is 23.2 Å². The van der Waals surface area contributed by atoms with Crippen LogP contribution in [0.2, 0.25) is 15.3 Å². The third kappa shape index (κ3) is 7.19. The number of hydrogen-bond donors (Lipinski definition) is 1. The fourth-order valence-electron chi connectivity index (χ4n) is 3.45. The van der Waals surface area contributed by atoms with Crippen LogP contribution in [0.5, 0.6) is 11.5 Å². The van der Waals surface area contributed by atoms with Gasteiger partial charge in [0.2, 0.25) is 0 Å². The Morgan fingerprint density at radius 3 is 2.05 bits per heavy atom. The number of rotatable bonds is 9. The van der Waals surface area contributed by atoms with E-state index in [0.29, 0.717) is 12.1 Å². The average molecular weight is 685 g/mol. The summed E-state index contributed by atoms with van der Waals surface area (Å²) in [5.74, 6) is -11.8. The first-order chi connectivity index (χ1) is 18.3. The van der Waals surface area contributed by atoms with Crippen LogP contribution in [0.4, 0.5) is 43.9 Å². The minimum absolute atomic E-state index is 0.0462. The summed E-state index contributed by atoms with van der Waals surface area (Å²) in [6.07, 6.45) is -14.4. The normalized spacial score (nSPS) is 14.6. The van der Waals surface area contributed by atoms with Gasteiger partial charge in [0.15, 0.2) is 0 Å². The molecule has 2 nitrogen and oxygen atoms in total. The molecule has 0 saturated carbocycles. The number of alkyl halides is 10. The summed E-state index contributed by atoms with van der Waals surface area (Å²) in [7, 11) is 0. The molecule has 0 saturated heterocycles. The van der Waals surface area contributed by atoms with Crippen molar-refractivity contribution in [2.45, 2.75) is 40.7 Å². The molecule has 3 rings (SSSR count). The molecule has 0 spiro atoms. The quantitative estimate of drug-likeness (QED) is 0.181. The molecule has 3 aromatic rings. The second-order valence-electron chi connectivity index (χ2n) is 8.44. The molecule has 3 aromatic carbocycles. The maximum absolute atomic E-state index is 14.3. The van der Waals surface area contributed by atoms with Gasteiger partial charge in [-0.2, -0.15) is 0 Å². The van der Waals surface area contributed by atoms with E-state index in [2.05, 4.69) is 0 Å². The topological polar surface area (TPSA) is 29.5 Å². The number of ether oxygens (including phenoxy) is 1. The van der Waals surface area contributed by atoms with E-state index in [1.807, 2.05) is 0 Å². The van der Waals surface area contributed by atoms with Crippen molar-refractivity contribution in [1.82, 2.24) is 0 Å². The SMILES string of the molecule is O[C@@H](C[As](Cc1cccc(C(F)(F)C(F)(F)C(F)(F)F)c1)c1cccc(Oc2cccc(Cl)c2Cl)c1)C(F)(F)F. The van der Waals surface area contributed by atoms with Gasteiger partial charge in [0.1, 0.15) is 0 Å². The van der Waals surface area contributed by atoms with E-state index in [0.717, 1.165) is 12.1 Å². The van der Waals surface area contributed by atoms with E-state index in [4.69, 9.17) is 27.9 Å². The molecule has 0 bridgehead atoms. The van der Waals surface area contributed by atoms with Crippen LogP contribution in [-0.4, -0.2) is 44.1 Å². The predicted octanol–water partition coefficient (Wildman–Crippen LogP) is 8.48. The van der Waals surface area contributed by atoms with Crippen LogP contribution in [-0.2, 0) is 11.1 Å². The van der Waals surface area contributed by atoms with Crippen molar-refractivity contribution in [3.05, 3.63) is 87.9 Å². The van der Waals surface area contributed by atoms with Gasteiger partial charge < -0.3 is 0 Å². The Morgan fingerprint density at radius 2 is 1.43 bits per heavy atom. The Bertz CT molecular complexity index is 1330. The fraction of sp³-hybridized carbons (Fsp3) is 0.280. The first kappa shape index (κ1) is 32.4. The average Bonchev–Trinajstić information content (AvgIpc) is 2.85. The van der Waals surface area contributed by atoms with Crippen molar-refractivity contribution in [2.24, 2.45) is 0 Å². The first-order valence-electron chi connectivity index (χ1n) is 11.0. The Labute approximate surface area is 235 Å². The monoisotopic (exact) mass is 684 g/mol. The Hall–Kier alpha value is -2.14. The molecule has 1 unspecified atom stereocenters. The number of hydrogen-bond acceptors (Lipinski definition) is 2. The molecular formula is C25H17AsCl2F10O2. The molecule has 0 aliphatic heterocycles. The van der Waals surface area contributed by atoms with Crippen molar-refractivity contribution in [3.63, 3.8) is 0 Å². The third-order valence-corrected chi connectivity index (χ3v) is 11.6. The second-order valence-corrected chi connectivity index (χ2v) is 14.0. The molecule has 0 aromatic heterocycles. The van der Waals surface area contributed by atoms with Crippen molar-refractivity contribution >= 4 is 42.2 Å². The summed E-state index contributed by atoms with van der Waals surface area (Å²) in [5, 5.41) is 8.70. The number of benzene rings is 3. The number of halogens is 12. The number of aliphatic hydroxyl groups excluding tert-OH is 1. The summed E-state index contributed by atoms with van der Waals surface area (Å²) >= 11 is 8.90. The summed E-state index contributed by atoms with van der Waals surface area (Å²) in [6, 6.07) is 12.8. The molecule has 1 N–H and O–H groups in total. The van der Waals surface area contributed by atoms with Crippen molar-refractivity contribution < 1.29 is 53.7 Å². The summed E-state index contributed by atoms with van der Waals surface area (Å²) in [5.41, 5.74) is -1.88. The van der Waals surface area contributed by atoms with Gasteiger partial charge in [0.05, 0.1) is 0 Å². The Kier molecular flexibility index (Phi) is 9.71. The fourth-order valence-corrected chi connectivity index (χ4v) is 8.80. The van der Waals surface area contributed by atoms with E-state index in [-0.39, 0.29) is 31.5 Å². The summed E-state index contributed by atoms with van der Waals surface area (Å²) in [6.45, 7) is 0. The molecule has 2 atom stereocenters. The van der Waals surface area contributed by atoms with Gasteiger partial charge >= 0.3 is 236 Å². The van der Waals surface area contributed by atoms with Gasteiger partial charge in [-0.15, -0.1) is 0 Å². The minimum atomic E-state index is -6.56. The summed E-state index contributed by atoms with van der Waals surface area (Å²) in [4.78, 5) is 0. The van der Waals surface area contributed by atoms with Crippen LogP contribution in [0.25, 0.3) is 0 Å². The Morgan fingerprint density at radius 1 is 0.800 bits per heavy atom. The van der Waals surface area contributed by atoms with Crippen LogP contribution in [0.3, 0.4) is 0 Å². The van der Waals surface area contributed by atoms with Crippen LogP contribution in [0.15, 0.2) is 66.7 Å². The van der Waals surface area contributed by atoms with E-state index in [9.17, 15) is 49.0 Å². The molecule has 218 valence electrons. The van der Waals surface area contributed by atoms with Crippen molar-refractivity contribution in [1.29, 1.82) is 0 Å². The van der Waals surface area contributed by atoms with E-state index < -0.39 is 60.9 Å². The second kappa shape index (κ2) is 12.0. The molecule has 0 aliphatic rings.